The minimum Gasteiger partial charge on any atom is -0.271 e. The second kappa shape index (κ2) is 6.20. The Morgan fingerprint density at radius 1 is 1.11 bits per heavy atom. The van der Waals surface area contributed by atoms with E-state index in [1.54, 1.807) is 18.2 Å². The van der Waals surface area contributed by atoms with Crippen molar-refractivity contribution in [3.05, 3.63) is 67.9 Å². The first-order chi connectivity index (χ1) is 9.02. The molecule has 1 atom stereocenters. The maximum atomic E-state index is 13.4. The lowest BCUT2D eigenvalue weighted by Gasteiger charge is -2.20. The molecule has 3 N–H and O–H groups in total. The summed E-state index contributed by atoms with van der Waals surface area (Å²) in [4.78, 5) is 0. The summed E-state index contributed by atoms with van der Waals surface area (Å²) in [6.07, 6.45) is 0. The Morgan fingerprint density at radius 2 is 1.84 bits per heavy atom. The van der Waals surface area contributed by atoms with Crippen LogP contribution < -0.4 is 11.3 Å². The molecular formula is C13H10BrCl2FN2. The molecule has 0 radical (unpaired) electrons. The summed E-state index contributed by atoms with van der Waals surface area (Å²) < 4.78 is 14.2. The average Bonchev–Trinajstić information content (AvgIpc) is 2.38. The smallest absolute Gasteiger partial charge is 0.123 e. The predicted octanol–water partition coefficient (Wildman–Crippen LogP) is 4.45. The Bertz CT molecular complexity index is 556. The lowest BCUT2D eigenvalue weighted by Crippen LogP contribution is -2.29. The molecule has 0 saturated heterocycles. The van der Waals surface area contributed by atoms with Crippen LogP contribution in [0, 0.1) is 5.82 Å². The van der Waals surface area contributed by atoms with E-state index in [0.29, 0.717) is 15.6 Å². The van der Waals surface area contributed by atoms with Gasteiger partial charge in [-0.2, -0.15) is 0 Å². The van der Waals surface area contributed by atoms with Gasteiger partial charge in [-0.3, -0.25) is 5.84 Å². The Hall–Kier alpha value is -0.650. The molecule has 0 bridgehead atoms. The number of hydrogen-bond donors (Lipinski definition) is 2. The summed E-state index contributed by atoms with van der Waals surface area (Å²) in [6, 6.07) is 8.97. The van der Waals surface area contributed by atoms with Gasteiger partial charge in [-0.05, 0) is 47.5 Å². The van der Waals surface area contributed by atoms with E-state index in [1.807, 2.05) is 0 Å². The molecule has 0 heterocycles. The number of benzene rings is 2. The largest absolute Gasteiger partial charge is 0.271 e. The van der Waals surface area contributed by atoms with Gasteiger partial charge in [0.1, 0.15) is 5.82 Å². The van der Waals surface area contributed by atoms with Gasteiger partial charge in [0, 0.05) is 14.5 Å². The predicted molar refractivity (Wildman–Crippen MR) is 79.7 cm³/mol. The van der Waals surface area contributed by atoms with Gasteiger partial charge in [0.15, 0.2) is 0 Å². The Morgan fingerprint density at radius 3 is 2.53 bits per heavy atom. The zero-order valence-electron chi connectivity index (χ0n) is 9.63. The molecule has 0 aromatic heterocycles. The third kappa shape index (κ3) is 3.27. The topological polar surface area (TPSA) is 38.0 Å². The molecule has 0 fully saturated rings. The lowest BCUT2D eigenvalue weighted by molar-refractivity contribution is 0.604. The summed E-state index contributed by atoms with van der Waals surface area (Å²) >= 11 is 15.5. The molecule has 2 aromatic rings. The monoisotopic (exact) mass is 362 g/mol. The molecule has 2 nitrogen and oxygen atoms in total. The third-order valence-electron chi connectivity index (χ3n) is 2.70. The van der Waals surface area contributed by atoms with Crippen LogP contribution in [0.4, 0.5) is 4.39 Å². The first kappa shape index (κ1) is 14.8. The third-order valence-corrected chi connectivity index (χ3v) is 4.01. The fraction of sp³-hybridized carbons (Fsp3) is 0.0769. The summed E-state index contributed by atoms with van der Waals surface area (Å²) in [7, 11) is 0. The zero-order valence-corrected chi connectivity index (χ0v) is 12.7. The van der Waals surface area contributed by atoms with Crippen molar-refractivity contribution in [2.45, 2.75) is 6.04 Å². The van der Waals surface area contributed by atoms with Crippen LogP contribution in [0.15, 0.2) is 40.9 Å². The molecule has 0 saturated carbocycles. The van der Waals surface area contributed by atoms with E-state index in [2.05, 4.69) is 21.4 Å². The molecule has 6 heteroatoms. The van der Waals surface area contributed by atoms with E-state index in [1.165, 1.54) is 18.2 Å². The van der Waals surface area contributed by atoms with Crippen molar-refractivity contribution in [2.24, 2.45) is 5.84 Å². The number of nitrogens with one attached hydrogen (secondary N) is 1. The van der Waals surface area contributed by atoms with Crippen molar-refractivity contribution in [1.82, 2.24) is 5.43 Å². The van der Waals surface area contributed by atoms with Crippen molar-refractivity contribution in [2.75, 3.05) is 0 Å². The average molecular weight is 364 g/mol. The van der Waals surface area contributed by atoms with Gasteiger partial charge in [-0.25, -0.2) is 9.82 Å². The molecule has 100 valence electrons. The van der Waals surface area contributed by atoms with Crippen molar-refractivity contribution in [3.8, 4) is 0 Å². The van der Waals surface area contributed by atoms with Crippen LogP contribution in [0.3, 0.4) is 0 Å². The molecule has 0 amide bonds. The van der Waals surface area contributed by atoms with Crippen molar-refractivity contribution in [3.63, 3.8) is 0 Å². The first-order valence-electron chi connectivity index (χ1n) is 5.39. The molecule has 0 aliphatic carbocycles. The number of halogens is 4. The van der Waals surface area contributed by atoms with E-state index in [0.717, 1.165) is 10.0 Å². The van der Waals surface area contributed by atoms with Crippen LogP contribution in [-0.4, -0.2) is 0 Å². The summed E-state index contributed by atoms with van der Waals surface area (Å²) in [5, 5.41) is 0.988. The normalized spacial score (nSPS) is 12.5. The van der Waals surface area contributed by atoms with Crippen molar-refractivity contribution >= 4 is 39.1 Å². The van der Waals surface area contributed by atoms with E-state index in [-0.39, 0.29) is 5.82 Å². The van der Waals surface area contributed by atoms with E-state index in [4.69, 9.17) is 29.0 Å². The van der Waals surface area contributed by atoms with E-state index < -0.39 is 6.04 Å². The van der Waals surface area contributed by atoms with Gasteiger partial charge in [0.2, 0.25) is 0 Å². The van der Waals surface area contributed by atoms with Gasteiger partial charge in [0.05, 0.1) is 6.04 Å². The minimum absolute atomic E-state index is 0.377. The Labute approximate surface area is 128 Å². The number of hydrogen-bond acceptors (Lipinski definition) is 2. The van der Waals surface area contributed by atoms with E-state index >= 15 is 0 Å². The molecular weight excluding hydrogens is 354 g/mol. The lowest BCUT2D eigenvalue weighted by atomic mass is 9.99. The van der Waals surface area contributed by atoms with Gasteiger partial charge in [-0.15, -0.1) is 0 Å². The van der Waals surface area contributed by atoms with E-state index in [9.17, 15) is 4.39 Å². The first-order valence-corrected chi connectivity index (χ1v) is 6.94. The zero-order chi connectivity index (χ0) is 14.0. The maximum absolute atomic E-state index is 13.4. The molecule has 19 heavy (non-hydrogen) atoms. The SMILES string of the molecule is NNC(c1cc(F)ccc1Cl)c1cc(Cl)ccc1Br. The standard InChI is InChI=1S/C13H10BrCl2FN2/c14-11-3-1-7(15)5-9(11)13(19-18)10-6-8(17)2-4-12(10)16/h1-6,13,19H,18H2. The maximum Gasteiger partial charge on any atom is 0.123 e. The van der Waals surface area contributed by atoms with Crippen LogP contribution in [-0.2, 0) is 0 Å². The molecule has 0 aliphatic heterocycles. The quantitative estimate of drug-likeness (QED) is 0.624. The molecule has 0 spiro atoms. The summed E-state index contributed by atoms with van der Waals surface area (Å²) in [5.41, 5.74) is 3.96. The number of rotatable bonds is 3. The highest BCUT2D eigenvalue weighted by molar-refractivity contribution is 9.10. The van der Waals surface area contributed by atoms with Crippen LogP contribution in [0.2, 0.25) is 10.0 Å². The summed E-state index contributed by atoms with van der Waals surface area (Å²) in [5.74, 6) is 5.20. The van der Waals surface area contributed by atoms with Gasteiger partial charge >= 0.3 is 0 Å². The highest BCUT2D eigenvalue weighted by atomic mass is 79.9. The van der Waals surface area contributed by atoms with Crippen molar-refractivity contribution < 1.29 is 4.39 Å². The highest BCUT2D eigenvalue weighted by Gasteiger charge is 2.19. The van der Waals surface area contributed by atoms with Crippen LogP contribution >= 0.6 is 39.1 Å². The molecule has 2 rings (SSSR count). The van der Waals surface area contributed by atoms with Crippen LogP contribution in [0.25, 0.3) is 0 Å². The van der Waals surface area contributed by atoms with Gasteiger partial charge in [0.25, 0.3) is 0 Å². The van der Waals surface area contributed by atoms with Crippen LogP contribution in [0.1, 0.15) is 17.2 Å². The fourth-order valence-electron chi connectivity index (χ4n) is 1.82. The molecule has 0 aliphatic rings. The summed E-state index contributed by atoms with van der Waals surface area (Å²) in [6.45, 7) is 0. The fourth-order valence-corrected chi connectivity index (χ4v) is 2.70. The number of hydrazine groups is 1. The molecule has 1 unspecified atom stereocenters. The van der Waals surface area contributed by atoms with Crippen molar-refractivity contribution in [1.29, 1.82) is 0 Å². The number of nitrogens with two attached hydrogens (primary N) is 1. The minimum atomic E-state index is -0.462. The highest BCUT2D eigenvalue weighted by Crippen LogP contribution is 2.33. The second-order valence-electron chi connectivity index (χ2n) is 3.93. The second-order valence-corrected chi connectivity index (χ2v) is 5.63. The Balaban J connectivity index is 2.55. The van der Waals surface area contributed by atoms with Gasteiger partial charge < -0.3 is 0 Å². The molecule has 2 aromatic carbocycles. The van der Waals surface area contributed by atoms with Crippen LogP contribution in [0.5, 0.6) is 0 Å². The van der Waals surface area contributed by atoms with Gasteiger partial charge in [-0.1, -0.05) is 39.1 Å². The Kier molecular flexibility index (Phi) is 4.81.